The molecule has 4 rings (SSSR count). The second-order valence-electron chi connectivity index (χ2n) is 5.78. The van der Waals surface area contributed by atoms with Gasteiger partial charge in [-0.1, -0.05) is 30.3 Å². The fourth-order valence-electron chi connectivity index (χ4n) is 2.89. The molecule has 23 heavy (non-hydrogen) atoms. The van der Waals surface area contributed by atoms with Crippen molar-refractivity contribution < 1.29 is 4.74 Å². The molecule has 1 saturated heterocycles. The second kappa shape index (κ2) is 6.29. The number of aromatic nitrogens is 5. The predicted octanol–water partition coefficient (Wildman–Crippen LogP) is 1.56. The van der Waals surface area contributed by atoms with Crippen molar-refractivity contribution in [1.82, 2.24) is 30.2 Å². The van der Waals surface area contributed by atoms with Gasteiger partial charge in [-0.15, -0.1) is 14.8 Å². The van der Waals surface area contributed by atoms with Crippen LogP contribution >= 0.6 is 0 Å². The fraction of sp³-hybridized carbons (Fsp3) is 0.375. The summed E-state index contributed by atoms with van der Waals surface area (Å²) < 4.78 is 7.37. The maximum absolute atomic E-state index is 5.98. The zero-order valence-electron chi connectivity index (χ0n) is 12.7. The Balaban J connectivity index is 1.32. The lowest BCUT2D eigenvalue weighted by atomic mass is 10.1. The molecule has 7 nitrogen and oxygen atoms in total. The topological polar surface area (TPSA) is 68.4 Å². The Bertz CT molecular complexity index is 766. The average Bonchev–Trinajstić information content (AvgIpc) is 3.05. The first kappa shape index (κ1) is 14.1. The molecule has 0 radical (unpaired) electrons. The van der Waals surface area contributed by atoms with Gasteiger partial charge in [0.15, 0.2) is 5.65 Å². The van der Waals surface area contributed by atoms with Crippen molar-refractivity contribution in [3.05, 3.63) is 48.0 Å². The minimum absolute atomic E-state index is 0.198. The van der Waals surface area contributed by atoms with E-state index in [1.807, 2.05) is 12.1 Å². The van der Waals surface area contributed by atoms with E-state index in [9.17, 15) is 0 Å². The number of ether oxygens (including phenoxy) is 1. The molecule has 0 saturated carbocycles. The van der Waals surface area contributed by atoms with Crippen molar-refractivity contribution in [1.29, 1.82) is 0 Å². The summed E-state index contributed by atoms with van der Waals surface area (Å²) >= 11 is 0. The molecular weight excluding hydrogens is 292 g/mol. The van der Waals surface area contributed by atoms with E-state index in [2.05, 4.69) is 55.9 Å². The van der Waals surface area contributed by atoms with Gasteiger partial charge in [0.2, 0.25) is 5.88 Å². The summed E-state index contributed by atoms with van der Waals surface area (Å²) in [5, 5.41) is 15.5. The van der Waals surface area contributed by atoms with E-state index in [0.29, 0.717) is 11.5 Å². The van der Waals surface area contributed by atoms with Crippen LogP contribution in [0.25, 0.3) is 5.65 Å². The number of fused-ring (bicyclic) bond motifs is 1. The van der Waals surface area contributed by atoms with Crippen molar-refractivity contribution >= 4 is 5.65 Å². The highest BCUT2D eigenvalue weighted by Gasteiger charge is 2.21. The summed E-state index contributed by atoms with van der Waals surface area (Å²) in [6.07, 6.45) is 2.20. The Morgan fingerprint density at radius 3 is 2.70 bits per heavy atom. The SMILES string of the molecule is c1ccc(CN2CCC(Oc3ccc4nnnn4n3)CC2)cc1. The van der Waals surface area contributed by atoms with Crippen molar-refractivity contribution in [2.75, 3.05) is 13.1 Å². The number of benzene rings is 1. The molecule has 118 valence electrons. The quantitative estimate of drug-likeness (QED) is 0.728. The van der Waals surface area contributed by atoms with E-state index in [0.717, 1.165) is 32.5 Å². The number of hydrogen-bond acceptors (Lipinski definition) is 6. The molecule has 0 aliphatic carbocycles. The van der Waals surface area contributed by atoms with Gasteiger partial charge >= 0.3 is 0 Å². The molecule has 0 spiro atoms. The standard InChI is InChI=1S/C16H18N6O/c1-2-4-13(5-3-1)12-21-10-8-14(9-11-21)23-16-7-6-15-17-19-20-22(15)18-16/h1-7,14H,8-12H2. The van der Waals surface area contributed by atoms with E-state index in [1.165, 1.54) is 10.2 Å². The van der Waals surface area contributed by atoms with E-state index in [4.69, 9.17) is 4.74 Å². The maximum Gasteiger partial charge on any atom is 0.233 e. The molecule has 1 fully saturated rings. The molecule has 1 aliphatic heterocycles. The first-order valence-corrected chi connectivity index (χ1v) is 7.85. The van der Waals surface area contributed by atoms with E-state index >= 15 is 0 Å². The predicted molar refractivity (Wildman–Crippen MR) is 83.9 cm³/mol. The van der Waals surface area contributed by atoms with Crippen molar-refractivity contribution in [3.63, 3.8) is 0 Å². The molecule has 2 aromatic heterocycles. The average molecular weight is 310 g/mol. The lowest BCUT2D eigenvalue weighted by Gasteiger charge is -2.31. The molecular formula is C16H18N6O. The number of nitrogens with zero attached hydrogens (tertiary/aromatic N) is 6. The molecule has 0 atom stereocenters. The van der Waals surface area contributed by atoms with Crippen molar-refractivity contribution in [2.24, 2.45) is 0 Å². The Morgan fingerprint density at radius 2 is 1.87 bits per heavy atom. The minimum Gasteiger partial charge on any atom is -0.473 e. The van der Waals surface area contributed by atoms with Crippen molar-refractivity contribution in [3.8, 4) is 5.88 Å². The lowest BCUT2D eigenvalue weighted by molar-refractivity contribution is 0.0919. The van der Waals surface area contributed by atoms with Crippen LogP contribution in [0.3, 0.4) is 0 Å². The van der Waals surface area contributed by atoms with Gasteiger partial charge in [-0.05, 0) is 34.9 Å². The number of piperidine rings is 1. The van der Waals surface area contributed by atoms with Crippen LogP contribution in [0.15, 0.2) is 42.5 Å². The highest BCUT2D eigenvalue weighted by molar-refractivity contribution is 5.34. The minimum atomic E-state index is 0.198. The molecule has 0 N–H and O–H groups in total. The molecule has 1 aliphatic rings. The van der Waals surface area contributed by atoms with Crippen LogP contribution in [0, 0.1) is 0 Å². The summed E-state index contributed by atoms with van der Waals surface area (Å²) in [6, 6.07) is 14.2. The molecule has 7 heteroatoms. The first-order chi connectivity index (χ1) is 11.4. The van der Waals surface area contributed by atoms with E-state index < -0.39 is 0 Å². The molecule has 1 aromatic carbocycles. The number of rotatable bonds is 4. The van der Waals surface area contributed by atoms with Crippen LogP contribution in [-0.2, 0) is 6.54 Å². The van der Waals surface area contributed by atoms with Crippen LogP contribution in [0.2, 0.25) is 0 Å². The van der Waals surface area contributed by atoms with Crippen LogP contribution in [0.5, 0.6) is 5.88 Å². The van der Waals surface area contributed by atoms with Gasteiger partial charge in [0, 0.05) is 25.7 Å². The van der Waals surface area contributed by atoms with Gasteiger partial charge in [0.05, 0.1) is 0 Å². The molecule has 3 heterocycles. The van der Waals surface area contributed by atoms with Crippen LogP contribution < -0.4 is 4.74 Å². The van der Waals surface area contributed by atoms with Gasteiger partial charge in [-0.2, -0.15) is 0 Å². The highest BCUT2D eigenvalue weighted by Crippen LogP contribution is 2.18. The summed E-state index contributed by atoms with van der Waals surface area (Å²) in [4.78, 5) is 2.47. The van der Waals surface area contributed by atoms with Gasteiger partial charge in [0.1, 0.15) is 6.10 Å². The van der Waals surface area contributed by atoms with Gasteiger partial charge < -0.3 is 4.74 Å². The fourth-order valence-corrected chi connectivity index (χ4v) is 2.89. The Hall–Kier alpha value is -2.54. The monoisotopic (exact) mass is 310 g/mol. The van der Waals surface area contributed by atoms with Crippen LogP contribution in [0.4, 0.5) is 0 Å². The second-order valence-corrected chi connectivity index (χ2v) is 5.78. The zero-order valence-corrected chi connectivity index (χ0v) is 12.7. The van der Waals surface area contributed by atoms with Gasteiger partial charge in [-0.3, -0.25) is 4.90 Å². The Kier molecular flexibility index (Phi) is 3.85. The molecule has 3 aromatic rings. The van der Waals surface area contributed by atoms with Crippen LogP contribution in [-0.4, -0.2) is 49.3 Å². The zero-order chi connectivity index (χ0) is 15.5. The Morgan fingerprint density at radius 1 is 1.04 bits per heavy atom. The molecule has 0 unspecified atom stereocenters. The normalized spacial score (nSPS) is 16.7. The van der Waals surface area contributed by atoms with Gasteiger partial charge in [-0.25, -0.2) is 0 Å². The summed E-state index contributed by atoms with van der Waals surface area (Å²) in [5.74, 6) is 0.575. The summed E-state index contributed by atoms with van der Waals surface area (Å²) in [7, 11) is 0. The van der Waals surface area contributed by atoms with Crippen LogP contribution in [0.1, 0.15) is 18.4 Å². The smallest absolute Gasteiger partial charge is 0.233 e. The first-order valence-electron chi connectivity index (χ1n) is 7.85. The van der Waals surface area contributed by atoms with E-state index in [-0.39, 0.29) is 6.10 Å². The Labute approximate surface area is 133 Å². The molecule has 0 bridgehead atoms. The number of tetrazole rings is 1. The highest BCUT2D eigenvalue weighted by atomic mass is 16.5. The number of likely N-dealkylation sites (tertiary alicyclic amines) is 1. The number of hydrogen-bond donors (Lipinski definition) is 0. The maximum atomic E-state index is 5.98. The third-order valence-corrected chi connectivity index (χ3v) is 4.12. The van der Waals surface area contributed by atoms with Crippen molar-refractivity contribution in [2.45, 2.75) is 25.5 Å². The summed E-state index contributed by atoms with van der Waals surface area (Å²) in [6.45, 7) is 3.07. The largest absolute Gasteiger partial charge is 0.473 e. The lowest BCUT2D eigenvalue weighted by Crippen LogP contribution is -2.37. The third-order valence-electron chi connectivity index (χ3n) is 4.12. The molecule has 0 amide bonds. The van der Waals surface area contributed by atoms with E-state index in [1.54, 1.807) is 0 Å². The third kappa shape index (κ3) is 3.29. The van der Waals surface area contributed by atoms with Gasteiger partial charge in [0.25, 0.3) is 0 Å². The summed E-state index contributed by atoms with van der Waals surface area (Å²) in [5.41, 5.74) is 1.98.